The highest BCUT2D eigenvalue weighted by Crippen LogP contribution is 2.29. The second-order valence-electron chi connectivity index (χ2n) is 5.54. The molecule has 0 bridgehead atoms. The van der Waals surface area contributed by atoms with Gasteiger partial charge in [0.25, 0.3) is 0 Å². The summed E-state index contributed by atoms with van der Waals surface area (Å²) < 4.78 is 0. The Balaban J connectivity index is 2.04. The first-order valence-corrected chi connectivity index (χ1v) is 7.36. The molecule has 1 aromatic rings. The van der Waals surface area contributed by atoms with Crippen molar-refractivity contribution in [3.63, 3.8) is 0 Å². The normalized spacial score (nSPS) is 18.6. The molecule has 1 heterocycles. The number of piperidine rings is 1. The molecule has 2 rings (SSSR count). The molecule has 3 nitrogen and oxygen atoms in total. The number of nitrogens with zero attached hydrogens (tertiary/aromatic N) is 1. The van der Waals surface area contributed by atoms with Crippen molar-refractivity contribution in [1.29, 1.82) is 0 Å². The molecule has 0 spiro atoms. The number of anilines is 1. The van der Waals surface area contributed by atoms with Gasteiger partial charge in [-0.15, -0.1) is 0 Å². The highest BCUT2D eigenvalue weighted by molar-refractivity contribution is 6.31. The molecule has 19 heavy (non-hydrogen) atoms. The van der Waals surface area contributed by atoms with E-state index in [-0.39, 0.29) is 0 Å². The van der Waals surface area contributed by atoms with Crippen LogP contribution in [0.2, 0.25) is 5.02 Å². The third kappa shape index (κ3) is 3.85. The maximum Gasteiger partial charge on any atom is 0.0653 e. The zero-order valence-corrected chi connectivity index (χ0v) is 12.5. The van der Waals surface area contributed by atoms with E-state index in [1.165, 1.54) is 0 Å². The molecule has 0 aromatic heterocycles. The summed E-state index contributed by atoms with van der Waals surface area (Å²) in [5, 5.41) is 14.1. The number of nitrogens with one attached hydrogen (secondary N) is 1. The zero-order valence-electron chi connectivity index (χ0n) is 11.7. The quantitative estimate of drug-likeness (QED) is 0.891. The predicted octanol–water partition coefficient (Wildman–Crippen LogP) is 2.80. The molecule has 0 saturated carbocycles. The molecular weight excluding hydrogens is 260 g/mol. The first kappa shape index (κ1) is 14.6. The highest BCUT2D eigenvalue weighted by atomic mass is 35.5. The monoisotopic (exact) mass is 282 g/mol. The van der Waals surface area contributed by atoms with Crippen LogP contribution in [0.3, 0.4) is 0 Å². The van der Waals surface area contributed by atoms with E-state index in [9.17, 15) is 5.11 Å². The van der Waals surface area contributed by atoms with Crippen molar-refractivity contribution in [2.24, 2.45) is 0 Å². The van der Waals surface area contributed by atoms with E-state index in [4.69, 9.17) is 11.6 Å². The summed E-state index contributed by atoms with van der Waals surface area (Å²) in [6.07, 6.45) is 1.62. The topological polar surface area (TPSA) is 35.5 Å². The van der Waals surface area contributed by atoms with E-state index in [2.05, 4.69) is 29.3 Å². The summed E-state index contributed by atoms with van der Waals surface area (Å²) in [5.74, 6) is 0. The van der Waals surface area contributed by atoms with E-state index >= 15 is 0 Å². The van der Waals surface area contributed by atoms with Gasteiger partial charge in [0, 0.05) is 30.3 Å². The van der Waals surface area contributed by atoms with E-state index < -0.39 is 5.60 Å². The summed E-state index contributed by atoms with van der Waals surface area (Å²) in [6, 6.07) is 6.25. The highest BCUT2D eigenvalue weighted by Gasteiger charge is 2.27. The van der Waals surface area contributed by atoms with Gasteiger partial charge in [-0.2, -0.15) is 0 Å². The van der Waals surface area contributed by atoms with Crippen molar-refractivity contribution >= 4 is 17.3 Å². The summed E-state index contributed by atoms with van der Waals surface area (Å²) in [7, 11) is 0. The molecule has 0 amide bonds. The van der Waals surface area contributed by atoms with Crippen LogP contribution >= 0.6 is 11.6 Å². The van der Waals surface area contributed by atoms with Crippen molar-refractivity contribution in [1.82, 2.24) is 5.32 Å². The third-order valence-electron chi connectivity index (χ3n) is 3.81. The van der Waals surface area contributed by atoms with Crippen LogP contribution < -0.4 is 10.2 Å². The van der Waals surface area contributed by atoms with Crippen LogP contribution in [0.5, 0.6) is 0 Å². The van der Waals surface area contributed by atoms with Crippen LogP contribution in [0.15, 0.2) is 18.2 Å². The molecule has 1 fully saturated rings. The molecule has 0 atom stereocenters. The Kier molecular flexibility index (Phi) is 4.71. The van der Waals surface area contributed by atoms with Gasteiger partial charge < -0.3 is 15.3 Å². The van der Waals surface area contributed by atoms with Crippen molar-refractivity contribution in [2.45, 2.75) is 38.8 Å². The molecule has 0 aliphatic carbocycles. The molecule has 1 aliphatic rings. The minimum atomic E-state index is -0.509. The fourth-order valence-electron chi connectivity index (χ4n) is 2.38. The maximum atomic E-state index is 9.97. The van der Waals surface area contributed by atoms with Crippen LogP contribution in [-0.2, 0) is 6.54 Å². The third-order valence-corrected chi connectivity index (χ3v) is 4.16. The van der Waals surface area contributed by atoms with Crippen molar-refractivity contribution in [2.75, 3.05) is 24.5 Å². The lowest BCUT2D eigenvalue weighted by Crippen LogP contribution is -2.42. The fourth-order valence-corrected chi connectivity index (χ4v) is 2.62. The number of benzene rings is 1. The minimum absolute atomic E-state index is 0.509. The number of rotatable bonds is 4. The number of aliphatic hydroxyl groups is 1. The average molecular weight is 283 g/mol. The second kappa shape index (κ2) is 6.12. The van der Waals surface area contributed by atoms with Gasteiger partial charge in [0.1, 0.15) is 0 Å². The van der Waals surface area contributed by atoms with E-state index in [0.717, 1.165) is 55.3 Å². The lowest BCUT2D eigenvalue weighted by molar-refractivity contribution is 0.0351. The summed E-state index contributed by atoms with van der Waals surface area (Å²) in [5.41, 5.74) is 1.78. The number of hydrogen-bond donors (Lipinski definition) is 2. The minimum Gasteiger partial charge on any atom is -0.390 e. The van der Waals surface area contributed by atoms with Gasteiger partial charge in [-0.05, 0) is 44.0 Å². The molecule has 4 heteroatoms. The molecule has 106 valence electrons. The molecule has 0 radical (unpaired) electrons. The molecule has 1 aliphatic heterocycles. The van der Waals surface area contributed by atoms with Crippen LogP contribution in [0, 0.1) is 0 Å². The van der Waals surface area contributed by atoms with E-state index in [0.29, 0.717) is 0 Å². The Hall–Kier alpha value is -0.770. The molecule has 0 unspecified atom stereocenters. The number of hydrogen-bond acceptors (Lipinski definition) is 3. The smallest absolute Gasteiger partial charge is 0.0653 e. The summed E-state index contributed by atoms with van der Waals surface area (Å²) >= 11 is 6.32. The van der Waals surface area contributed by atoms with Gasteiger partial charge in [0.15, 0.2) is 0 Å². The summed E-state index contributed by atoms with van der Waals surface area (Å²) in [4.78, 5) is 2.29. The Bertz CT molecular complexity index is 424. The average Bonchev–Trinajstić information content (AvgIpc) is 2.37. The largest absolute Gasteiger partial charge is 0.390 e. The first-order valence-electron chi connectivity index (χ1n) is 6.98. The van der Waals surface area contributed by atoms with E-state index in [1.54, 1.807) is 0 Å². The van der Waals surface area contributed by atoms with Gasteiger partial charge in [0.05, 0.1) is 5.60 Å². The Morgan fingerprint density at radius 2 is 2.05 bits per heavy atom. The van der Waals surface area contributed by atoms with Gasteiger partial charge in [-0.3, -0.25) is 0 Å². The van der Waals surface area contributed by atoms with Crippen molar-refractivity contribution < 1.29 is 5.11 Å². The predicted molar refractivity (Wildman–Crippen MR) is 80.9 cm³/mol. The van der Waals surface area contributed by atoms with Crippen LogP contribution in [0.25, 0.3) is 0 Å². The Morgan fingerprint density at radius 3 is 2.63 bits per heavy atom. The zero-order chi connectivity index (χ0) is 13.9. The second-order valence-corrected chi connectivity index (χ2v) is 5.95. The Morgan fingerprint density at radius 1 is 1.37 bits per heavy atom. The van der Waals surface area contributed by atoms with E-state index in [1.807, 2.05) is 13.0 Å². The van der Waals surface area contributed by atoms with Gasteiger partial charge in [-0.25, -0.2) is 0 Å². The van der Waals surface area contributed by atoms with Gasteiger partial charge in [-0.1, -0.05) is 24.6 Å². The van der Waals surface area contributed by atoms with Crippen LogP contribution in [0.1, 0.15) is 32.3 Å². The maximum absolute atomic E-state index is 9.97. The lowest BCUT2D eigenvalue weighted by atomic mass is 9.93. The standard InChI is InChI=1S/C15H23ClN2O/c1-3-17-11-12-4-5-13(10-14(12)16)18-8-6-15(2,19)7-9-18/h4-5,10,17,19H,3,6-9,11H2,1-2H3. The SMILES string of the molecule is CCNCc1ccc(N2CCC(C)(O)CC2)cc1Cl. The lowest BCUT2D eigenvalue weighted by Gasteiger charge is -2.37. The van der Waals surface area contributed by atoms with Crippen molar-refractivity contribution in [3.05, 3.63) is 28.8 Å². The van der Waals surface area contributed by atoms with Crippen LogP contribution in [-0.4, -0.2) is 30.3 Å². The molecule has 1 aromatic carbocycles. The van der Waals surface area contributed by atoms with Crippen LogP contribution in [0.4, 0.5) is 5.69 Å². The summed E-state index contributed by atoms with van der Waals surface area (Å²) in [6.45, 7) is 7.52. The van der Waals surface area contributed by atoms with Crippen molar-refractivity contribution in [3.8, 4) is 0 Å². The Labute approximate surface area is 120 Å². The molecular formula is C15H23ClN2O. The van der Waals surface area contributed by atoms with Gasteiger partial charge >= 0.3 is 0 Å². The first-order chi connectivity index (χ1) is 9.02. The molecule has 2 N–H and O–H groups in total. The molecule has 1 saturated heterocycles. The fraction of sp³-hybridized carbons (Fsp3) is 0.600. The van der Waals surface area contributed by atoms with Gasteiger partial charge in [0.2, 0.25) is 0 Å². The number of halogens is 1.